The van der Waals surface area contributed by atoms with E-state index in [4.69, 9.17) is 4.98 Å². The Hall–Kier alpha value is -1.76. The first-order valence-electron chi connectivity index (χ1n) is 12.4. The van der Waals surface area contributed by atoms with Crippen LogP contribution in [-0.4, -0.2) is 71.4 Å². The summed E-state index contributed by atoms with van der Waals surface area (Å²) in [5, 5.41) is 3.08. The Bertz CT molecular complexity index is 992. The molecule has 6 heteroatoms. The van der Waals surface area contributed by atoms with Crippen LogP contribution in [0.4, 0.5) is 0 Å². The second-order valence-electron chi connectivity index (χ2n) is 11.8. The molecule has 5 nitrogen and oxygen atoms in total. The number of aromatic nitrogens is 1. The lowest BCUT2D eigenvalue weighted by molar-refractivity contribution is -0.131. The van der Waals surface area contributed by atoms with Gasteiger partial charge in [0.2, 0.25) is 5.91 Å². The standard InChI is InChI=1S/C27H38N4OS/c1-26(2)14-23-15-27(3,18-26)19-31(23)24(32)13-22-17-33-25(28-22)21-7-5-20(6-8-21)16-30-11-9-29(4)10-12-30/h5-8,17,23H,9-16,18-19H2,1-4H3. The quantitative estimate of drug-likeness (QED) is 0.649. The molecule has 2 bridgehead atoms. The van der Waals surface area contributed by atoms with Crippen LogP contribution in [0, 0.1) is 10.8 Å². The van der Waals surface area contributed by atoms with Crippen LogP contribution in [0.15, 0.2) is 29.6 Å². The maximum Gasteiger partial charge on any atom is 0.228 e. The summed E-state index contributed by atoms with van der Waals surface area (Å²) in [5.41, 5.74) is 4.02. The molecule has 1 aliphatic carbocycles. The highest BCUT2D eigenvalue weighted by atomic mass is 32.1. The van der Waals surface area contributed by atoms with Crippen molar-refractivity contribution in [1.82, 2.24) is 19.7 Å². The summed E-state index contributed by atoms with van der Waals surface area (Å²) in [7, 11) is 2.19. The second-order valence-corrected chi connectivity index (χ2v) is 12.7. The number of rotatable bonds is 5. The number of benzene rings is 1. The molecule has 178 valence electrons. The minimum atomic E-state index is 0.251. The van der Waals surface area contributed by atoms with Crippen LogP contribution in [0.5, 0.6) is 0 Å². The predicted molar refractivity (Wildman–Crippen MR) is 135 cm³/mol. The monoisotopic (exact) mass is 466 g/mol. The number of nitrogens with zero attached hydrogens (tertiary/aromatic N) is 4. The molecular weight excluding hydrogens is 428 g/mol. The molecule has 0 N–H and O–H groups in total. The molecule has 0 radical (unpaired) electrons. The number of likely N-dealkylation sites (tertiary alicyclic amines) is 1. The number of hydrogen-bond acceptors (Lipinski definition) is 5. The minimum absolute atomic E-state index is 0.251. The maximum absolute atomic E-state index is 13.2. The molecule has 2 aromatic rings. The maximum atomic E-state index is 13.2. The molecule has 1 amide bonds. The molecule has 33 heavy (non-hydrogen) atoms. The Morgan fingerprint density at radius 1 is 1.09 bits per heavy atom. The summed E-state index contributed by atoms with van der Waals surface area (Å²) in [4.78, 5) is 25.1. The third-order valence-corrected chi connectivity index (χ3v) is 8.76. The molecule has 0 spiro atoms. The molecule has 2 aliphatic heterocycles. The number of amides is 1. The van der Waals surface area contributed by atoms with Gasteiger partial charge in [0.15, 0.2) is 0 Å². The minimum Gasteiger partial charge on any atom is -0.339 e. The Balaban J connectivity index is 1.20. The first-order valence-corrected chi connectivity index (χ1v) is 13.3. The molecule has 1 aromatic heterocycles. The topological polar surface area (TPSA) is 39.7 Å². The van der Waals surface area contributed by atoms with Crippen LogP contribution in [0.2, 0.25) is 0 Å². The van der Waals surface area contributed by atoms with E-state index in [1.54, 1.807) is 11.3 Å². The Morgan fingerprint density at radius 3 is 2.55 bits per heavy atom. The first-order chi connectivity index (χ1) is 15.7. The third kappa shape index (κ3) is 5.18. The summed E-state index contributed by atoms with van der Waals surface area (Å²) < 4.78 is 0. The molecule has 2 atom stereocenters. The van der Waals surface area contributed by atoms with Gasteiger partial charge < -0.3 is 9.80 Å². The van der Waals surface area contributed by atoms with E-state index in [9.17, 15) is 4.79 Å². The van der Waals surface area contributed by atoms with E-state index in [0.29, 0.717) is 17.9 Å². The average molecular weight is 467 g/mol. The van der Waals surface area contributed by atoms with Crippen LogP contribution in [0.3, 0.4) is 0 Å². The molecule has 3 aliphatic rings. The second kappa shape index (κ2) is 8.79. The smallest absolute Gasteiger partial charge is 0.228 e. The zero-order valence-electron chi connectivity index (χ0n) is 20.6. The van der Waals surface area contributed by atoms with Crippen molar-refractivity contribution < 1.29 is 4.79 Å². The van der Waals surface area contributed by atoms with Gasteiger partial charge in [0.05, 0.1) is 12.1 Å². The summed E-state index contributed by atoms with van der Waals surface area (Å²) in [5.74, 6) is 0.251. The van der Waals surface area contributed by atoms with Crippen molar-refractivity contribution >= 4 is 17.2 Å². The van der Waals surface area contributed by atoms with Crippen molar-refractivity contribution in [3.05, 3.63) is 40.9 Å². The van der Waals surface area contributed by atoms with Crippen LogP contribution >= 0.6 is 11.3 Å². The summed E-state index contributed by atoms with van der Waals surface area (Å²) in [6, 6.07) is 9.22. The van der Waals surface area contributed by atoms with Gasteiger partial charge >= 0.3 is 0 Å². The first kappa shape index (κ1) is 23.0. The van der Waals surface area contributed by atoms with Gasteiger partial charge in [0, 0.05) is 56.3 Å². The fourth-order valence-electron chi connectivity index (χ4n) is 6.55. The molecule has 3 heterocycles. The zero-order valence-corrected chi connectivity index (χ0v) is 21.5. The highest BCUT2D eigenvalue weighted by Gasteiger charge is 2.50. The van der Waals surface area contributed by atoms with E-state index in [1.807, 2.05) is 0 Å². The number of piperazine rings is 1. The van der Waals surface area contributed by atoms with Gasteiger partial charge in [-0.3, -0.25) is 9.69 Å². The van der Waals surface area contributed by atoms with Crippen molar-refractivity contribution in [1.29, 1.82) is 0 Å². The number of carbonyl (C=O) groups is 1. The fourth-order valence-corrected chi connectivity index (χ4v) is 7.37. The van der Waals surface area contributed by atoms with E-state index in [2.05, 4.69) is 72.2 Å². The largest absolute Gasteiger partial charge is 0.339 e. The van der Waals surface area contributed by atoms with E-state index in [0.717, 1.165) is 68.4 Å². The van der Waals surface area contributed by atoms with Gasteiger partial charge in [-0.15, -0.1) is 11.3 Å². The van der Waals surface area contributed by atoms with E-state index < -0.39 is 0 Å². The number of fused-ring (bicyclic) bond motifs is 2. The number of thiazole rings is 1. The Morgan fingerprint density at radius 2 is 1.82 bits per heavy atom. The van der Waals surface area contributed by atoms with Gasteiger partial charge in [-0.05, 0) is 42.7 Å². The van der Waals surface area contributed by atoms with E-state index in [1.165, 1.54) is 12.0 Å². The molecular formula is C27H38N4OS. The normalized spacial score (nSPS) is 27.8. The number of likely N-dealkylation sites (N-methyl/N-ethyl adjacent to an activating group) is 1. The molecule has 2 saturated heterocycles. The lowest BCUT2D eigenvalue weighted by Gasteiger charge is -2.39. The van der Waals surface area contributed by atoms with Crippen LogP contribution in [0.1, 0.15) is 51.3 Å². The Labute approximate surface area is 202 Å². The van der Waals surface area contributed by atoms with Crippen molar-refractivity contribution in [3.63, 3.8) is 0 Å². The summed E-state index contributed by atoms with van der Waals surface area (Å²) >= 11 is 1.65. The molecule has 2 unspecified atom stereocenters. The average Bonchev–Trinajstić information content (AvgIpc) is 3.31. The fraction of sp³-hybridized carbons (Fsp3) is 0.630. The molecule has 1 aromatic carbocycles. The third-order valence-electron chi connectivity index (χ3n) is 7.82. The lowest BCUT2D eigenvalue weighted by Crippen LogP contribution is -2.43. The lowest BCUT2D eigenvalue weighted by atomic mass is 9.65. The van der Waals surface area contributed by atoms with Crippen molar-refractivity contribution in [2.75, 3.05) is 39.8 Å². The van der Waals surface area contributed by atoms with Crippen molar-refractivity contribution in [2.24, 2.45) is 10.8 Å². The predicted octanol–water partition coefficient (Wildman–Crippen LogP) is 4.53. The van der Waals surface area contributed by atoms with E-state index >= 15 is 0 Å². The molecule has 1 saturated carbocycles. The zero-order chi connectivity index (χ0) is 23.2. The highest BCUT2D eigenvalue weighted by molar-refractivity contribution is 7.13. The number of hydrogen-bond donors (Lipinski definition) is 0. The van der Waals surface area contributed by atoms with Gasteiger partial charge in [0.25, 0.3) is 0 Å². The highest BCUT2D eigenvalue weighted by Crippen LogP contribution is 2.52. The SMILES string of the molecule is CN1CCN(Cc2ccc(-c3nc(CC(=O)N4CC5(C)CC4CC(C)(C)C5)cs3)cc2)CC1. The van der Waals surface area contributed by atoms with Crippen LogP contribution in [-0.2, 0) is 17.8 Å². The van der Waals surface area contributed by atoms with Gasteiger partial charge in [-0.2, -0.15) is 0 Å². The van der Waals surface area contributed by atoms with Crippen molar-refractivity contribution in [2.45, 2.75) is 59.0 Å². The summed E-state index contributed by atoms with van der Waals surface area (Å²) in [6.07, 6.45) is 3.92. The van der Waals surface area contributed by atoms with Gasteiger partial charge in [-0.1, -0.05) is 45.0 Å². The summed E-state index contributed by atoms with van der Waals surface area (Å²) in [6.45, 7) is 13.6. The van der Waals surface area contributed by atoms with Crippen LogP contribution in [0.25, 0.3) is 10.6 Å². The van der Waals surface area contributed by atoms with E-state index in [-0.39, 0.29) is 11.3 Å². The van der Waals surface area contributed by atoms with Crippen molar-refractivity contribution in [3.8, 4) is 10.6 Å². The van der Waals surface area contributed by atoms with Gasteiger partial charge in [0.1, 0.15) is 5.01 Å². The number of carbonyl (C=O) groups excluding carboxylic acids is 1. The molecule has 5 rings (SSSR count). The Kier molecular flexibility index (Phi) is 6.13. The van der Waals surface area contributed by atoms with Crippen LogP contribution < -0.4 is 0 Å². The van der Waals surface area contributed by atoms with Gasteiger partial charge in [-0.25, -0.2) is 4.98 Å². The molecule has 3 fully saturated rings.